The minimum Gasteiger partial charge on any atom is -0.497 e. The number of aromatic nitrogens is 2. The zero-order valence-electron chi connectivity index (χ0n) is 24.2. The van der Waals surface area contributed by atoms with E-state index in [1.807, 2.05) is 31.7 Å². The summed E-state index contributed by atoms with van der Waals surface area (Å²) in [6.07, 6.45) is -0.0527. The number of hydrogen-bond acceptors (Lipinski definition) is 7. The van der Waals surface area contributed by atoms with Gasteiger partial charge in [-0.05, 0) is 86.8 Å². The molecule has 0 aliphatic carbocycles. The second kappa shape index (κ2) is 11.9. The zero-order chi connectivity index (χ0) is 30.9. The fourth-order valence-corrected chi connectivity index (χ4v) is 5.94. The number of alkyl halides is 3. The molecule has 0 radical (unpaired) electrons. The number of methoxy groups -OCH3 is 1. The summed E-state index contributed by atoms with van der Waals surface area (Å²) in [6.45, 7) is 6.58. The van der Waals surface area contributed by atoms with Gasteiger partial charge in [-0.2, -0.15) is 23.3 Å². The van der Waals surface area contributed by atoms with E-state index in [2.05, 4.69) is 15.4 Å². The SMILES string of the molecule is COc1ccc(Cn2ncc3cc(/C=C4\SC(N5CCCC(NC(=O)OC(C)(C)C)C5)=NC4=O)ccc32)c(C(F)(F)F)c1. The number of fused-ring (bicyclic) bond motifs is 1. The highest BCUT2D eigenvalue weighted by atomic mass is 32.2. The summed E-state index contributed by atoms with van der Waals surface area (Å²) in [4.78, 5) is 31.7. The molecule has 0 spiro atoms. The molecule has 1 aromatic heterocycles. The van der Waals surface area contributed by atoms with Crippen molar-refractivity contribution in [2.45, 2.75) is 58.0 Å². The minimum absolute atomic E-state index is 0.0726. The highest BCUT2D eigenvalue weighted by Crippen LogP contribution is 2.36. The Bertz CT molecular complexity index is 1610. The highest BCUT2D eigenvalue weighted by molar-refractivity contribution is 8.18. The van der Waals surface area contributed by atoms with Gasteiger partial charge in [0.25, 0.3) is 5.91 Å². The number of rotatable bonds is 5. The number of amides is 2. The first-order valence-electron chi connectivity index (χ1n) is 13.8. The number of aliphatic imine (C=N–C) groups is 1. The summed E-state index contributed by atoms with van der Waals surface area (Å²) in [7, 11) is 1.32. The lowest BCUT2D eigenvalue weighted by molar-refractivity contribution is -0.138. The summed E-state index contributed by atoms with van der Waals surface area (Å²) < 4.78 is 53.0. The number of nitrogens with one attached hydrogen (secondary N) is 1. The first kappa shape index (κ1) is 30.5. The summed E-state index contributed by atoms with van der Waals surface area (Å²) >= 11 is 1.28. The average Bonchev–Trinajstić information content (AvgIpc) is 3.50. The van der Waals surface area contributed by atoms with Crippen LogP contribution in [0, 0.1) is 0 Å². The molecule has 2 amide bonds. The van der Waals surface area contributed by atoms with Crippen molar-refractivity contribution < 1.29 is 32.2 Å². The van der Waals surface area contributed by atoms with Crippen LogP contribution in [-0.4, -0.2) is 63.7 Å². The lowest BCUT2D eigenvalue weighted by atomic mass is 10.1. The van der Waals surface area contributed by atoms with Crippen molar-refractivity contribution >= 4 is 45.9 Å². The molecule has 1 atom stereocenters. The molecule has 2 aliphatic rings. The van der Waals surface area contributed by atoms with Crippen molar-refractivity contribution in [1.29, 1.82) is 0 Å². The van der Waals surface area contributed by atoms with E-state index >= 15 is 0 Å². The second-order valence-corrected chi connectivity index (χ2v) is 12.4. The number of benzene rings is 2. The van der Waals surface area contributed by atoms with Gasteiger partial charge in [-0.15, -0.1) is 0 Å². The van der Waals surface area contributed by atoms with Crippen LogP contribution in [0.25, 0.3) is 17.0 Å². The van der Waals surface area contributed by atoms with Gasteiger partial charge in [0.2, 0.25) is 0 Å². The molecule has 13 heteroatoms. The molecule has 0 bridgehead atoms. The molecule has 3 heterocycles. The summed E-state index contributed by atoms with van der Waals surface area (Å²) in [5.41, 5.74) is 0.104. The van der Waals surface area contributed by atoms with Crippen molar-refractivity contribution in [2.24, 2.45) is 4.99 Å². The Morgan fingerprint density at radius 3 is 2.70 bits per heavy atom. The number of amidine groups is 1. The van der Waals surface area contributed by atoms with Crippen LogP contribution in [0.15, 0.2) is 52.5 Å². The number of ether oxygens (including phenoxy) is 2. The number of nitrogens with zero attached hydrogens (tertiary/aromatic N) is 4. The van der Waals surface area contributed by atoms with Crippen LogP contribution < -0.4 is 10.1 Å². The molecule has 2 aliphatic heterocycles. The van der Waals surface area contributed by atoms with E-state index in [1.165, 1.54) is 35.7 Å². The van der Waals surface area contributed by atoms with Crippen molar-refractivity contribution in [3.05, 3.63) is 64.2 Å². The number of likely N-dealkylation sites (tertiary alicyclic amines) is 1. The minimum atomic E-state index is -4.54. The maximum atomic E-state index is 13.7. The smallest absolute Gasteiger partial charge is 0.416 e. The number of thioether (sulfide) groups is 1. The van der Waals surface area contributed by atoms with Gasteiger partial charge in [-0.25, -0.2) is 4.79 Å². The number of alkyl carbamates (subject to hydrolysis) is 1. The van der Waals surface area contributed by atoms with Crippen LogP contribution in [0.2, 0.25) is 0 Å². The van der Waals surface area contributed by atoms with Crippen LogP contribution in [0.5, 0.6) is 5.75 Å². The molecule has 0 saturated carbocycles. The predicted molar refractivity (Wildman–Crippen MR) is 159 cm³/mol. The van der Waals surface area contributed by atoms with Gasteiger partial charge in [0.1, 0.15) is 11.4 Å². The molecule has 1 saturated heterocycles. The molecule has 1 N–H and O–H groups in total. The quantitative estimate of drug-likeness (QED) is 0.348. The van der Waals surface area contributed by atoms with Gasteiger partial charge in [-0.1, -0.05) is 12.1 Å². The Kier molecular flexibility index (Phi) is 8.46. The molecule has 9 nitrogen and oxygen atoms in total. The largest absolute Gasteiger partial charge is 0.497 e. The van der Waals surface area contributed by atoms with E-state index < -0.39 is 23.4 Å². The van der Waals surface area contributed by atoms with E-state index in [4.69, 9.17) is 9.47 Å². The number of carbonyl (C=O) groups excluding carboxylic acids is 2. The number of carbonyl (C=O) groups is 2. The third-order valence-electron chi connectivity index (χ3n) is 6.93. The van der Waals surface area contributed by atoms with Crippen LogP contribution in [0.1, 0.15) is 50.3 Å². The highest BCUT2D eigenvalue weighted by Gasteiger charge is 2.34. The molecule has 5 rings (SSSR count). The third kappa shape index (κ3) is 7.32. The van der Waals surface area contributed by atoms with E-state index in [1.54, 1.807) is 24.4 Å². The van der Waals surface area contributed by atoms with Gasteiger partial charge in [-0.3, -0.25) is 9.48 Å². The van der Waals surface area contributed by atoms with Crippen molar-refractivity contribution in [1.82, 2.24) is 20.0 Å². The number of piperidine rings is 1. The van der Waals surface area contributed by atoms with Crippen LogP contribution in [0.4, 0.5) is 18.0 Å². The summed E-state index contributed by atoms with van der Waals surface area (Å²) in [6, 6.07) is 9.15. The van der Waals surface area contributed by atoms with Gasteiger partial charge in [0.15, 0.2) is 5.17 Å². The molecule has 3 aromatic rings. The van der Waals surface area contributed by atoms with Crippen molar-refractivity contribution in [3.63, 3.8) is 0 Å². The monoisotopic (exact) mass is 615 g/mol. The van der Waals surface area contributed by atoms with Crippen molar-refractivity contribution in [3.8, 4) is 5.75 Å². The van der Waals surface area contributed by atoms with Gasteiger partial charge in [0.05, 0.1) is 35.8 Å². The second-order valence-electron chi connectivity index (χ2n) is 11.4. The summed E-state index contributed by atoms with van der Waals surface area (Å²) in [5.74, 6) is -0.222. The van der Waals surface area contributed by atoms with E-state index in [-0.39, 0.29) is 29.8 Å². The molecular weight excluding hydrogens is 583 g/mol. The third-order valence-corrected chi connectivity index (χ3v) is 7.97. The first-order chi connectivity index (χ1) is 20.3. The van der Waals surface area contributed by atoms with Crippen molar-refractivity contribution in [2.75, 3.05) is 20.2 Å². The Morgan fingerprint density at radius 2 is 1.98 bits per heavy atom. The molecule has 1 fully saturated rings. The predicted octanol–water partition coefficient (Wildman–Crippen LogP) is 6.07. The lowest BCUT2D eigenvalue weighted by Crippen LogP contribution is -2.49. The fraction of sp³-hybridized carbons (Fsp3) is 0.400. The normalized spacial score (nSPS) is 18.7. The maximum Gasteiger partial charge on any atom is 0.416 e. The average molecular weight is 616 g/mol. The Balaban J connectivity index is 1.27. The van der Waals surface area contributed by atoms with Crippen LogP contribution in [0.3, 0.4) is 0 Å². The number of halogens is 3. The topological polar surface area (TPSA) is 98.1 Å². The van der Waals surface area contributed by atoms with Crippen LogP contribution >= 0.6 is 11.8 Å². The molecule has 1 unspecified atom stereocenters. The van der Waals surface area contributed by atoms with Gasteiger partial charge in [0, 0.05) is 24.5 Å². The molecular formula is C30H32F3N5O4S. The maximum absolute atomic E-state index is 13.7. The Morgan fingerprint density at radius 1 is 1.19 bits per heavy atom. The first-order valence-corrected chi connectivity index (χ1v) is 14.6. The number of hydrogen-bond donors (Lipinski definition) is 1. The van der Waals surface area contributed by atoms with E-state index in [9.17, 15) is 22.8 Å². The molecule has 43 heavy (non-hydrogen) atoms. The lowest BCUT2D eigenvalue weighted by Gasteiger charge is -2.34. The summed E-state index contributed by atoms with van der Waals surface area (Å²) in [5, 5.41) is 8.53. The zero-order valence-corrected chi connectivity index (χ0v) is 25.0. The van der Waals surface area contributed by atoms with E-state index in [0.29, 0.717) is 28.7 Å². The van der Waals surface area contributed by atoms with Gasteiger partial charge >= 0.3 is 12.3 Å². The standard InChI is InChI=1S/C30H32F3N5O4S/c1-29(2,3)42-28(40)35-21-6-5-11-37(17-21)27-36-26(39)25(43-27)13-18-7-10-24-20(12-18)15-34-38(24)16-19-8-9-22(41-4)14-23(19)30(31,32)33/h7-10,12-15,21H,5-6,11,16-17H2,1-4H3,(H,35,40)/b25-13-. The molecule has 2 aromatic carbocycles. The van der Waals surface area contributed by atoms with E-state index in [0.717, 1.165) is 29.9 Å². The van der Waals surface area contributed by atoms with Crippen LogP contribution in [-0.2, 0) is 22.3 Å². The Labute approximate surface area is 251 Å². The Hall–Kier alpha value is -4.00. The van der Waals surface area contributed by atoms with Gasteiger partial charge < -0.3 is 19.7 Å². The molecule has 228 valence electrons. The fourth-order valence-electron chi connectivity index (χ4n) is 4.99.